The van der Waals surface area contributed by atoms with E-state index in [-0.39, 0.29) is 6.61 Å². The van der Waals surface area contributed by atoms with Crippen molar-refractivity contribution in [1.29, 1.82) is 0 Å². The molecule has 0 saturated carbocycles. The fourth-order valence-corrected chi connectivity index (χ4v) is 3.33. The lowest BCUT2D eigenvalue weighted by Crippen LogP contribution is -1.91. The van der Waals surface area contributed by atoms with Gasteiger partial charge in [-0.05, 0) is 48.2 Å². The number of pyridine rings is 1. The lowest BCUT2D eigenvalue weighted by molar-refractivity contribution is 0.282. The predicted molar refractivity (Wildman–Crippen MR) is 98.2 cm³/mol. The van der Waals surface area contributed by atoms with Crippen molar-refractivity contribution in [2.75, 3.05) is 0 Å². The Bertz CT molecular complexity index is 1050. The van der Waals surface area contributed by atoms with Crippen molar-refractivity contribution in [3.05, 3.63) is 71.4 Å². The maximum absolute atomic E-state index is 9.59. The van der Waals surface area contributed by atoms with Crippen LogP contribution in [0.4, 0.5) is 0 Å². The normalized spacial score (nSPS) is 11.5. The van der Waals surface area contributed by atoms with Crippen LogP contribution in [0.1, 0.15) is 23.6 Å². The largest absolute Gasteiger partial charge is 0.392 e. The number of aryl methyl sites for hydroxylation is 2. The van der Waals surface area contributed by atoms with E-state index in [9.17, 15) is 5.11 Å². The Hall–Kier alpha value is -2.65. The Kier molecular flexibility index (Phi) is 3.58. The Balaban J connectivity index is 2.00. The average molecular weight is 316 g/mol. The van der Waals surface area contributed by atoms with Crippen LogP contribution in [-0.2, 0) is 13.0 Å². The van der Waals surface area contributed by atoms with E-state index in [0.717, 1.165) is 28.9 Å². The number of imidazole rings is 1. The van der Waals surface area contributed by atoms with Crippen molar-refractivity contribution in [2.24, 2.45) is 0 Å². The van der Waals surface area contributed by atoms with Crippen LogP contribution in [0.5, 0.6) is 0 Å². The number of benzene rings is 2. The number of hydrogen-bond donors (Lipinski definition) is 1. The topological polar surface area (TPSA) is 37.5 Å². The molecule has 4 aromatic rings. The molecule has 0 fully saturated rings. The predicted octanol–water partition coefficient (Wildman–Crippen LogP) is 4.52. The number of hydrogen-bond acceptors (Lipinski definition) is 2. The fraction of sp³-hybridized carbons (Fsp3) is 0.190. The highest BCUT2D eigenvalue weighted by Gasteiger charge is 2.11. The minimum Gasteiger partial charge on any atom is -0.392 e. The molecular weight excluding hydrogens is 296 g/mol. The SMILES string of the molecule is CCc1ccc2c(c1)c(C)cc1nc(-c3ccccc3CO)cn12. The molecule has 2 heterocycles. The number of nitrogens with zero attached hydrogens (tertiary/aromatic N) is 2. The van der Waals surface area contributed by atoms with Gasteiger partial charge in [0.1, 0.15) is 5.65 Å². The van der Waals surface area contributed by atoms with Crippen molar-refractivity contribution in [3.63, 3.8) is 0 Å². The molecule has 0 spiro atoms. The lowest BCUT2D eigenvalue weighted by atomic mass is 10.1. The molecular formula is C21H20N2O. The molecule has 0 aliphatic carbocycles. The maximum Gasteiger partial charge on any atom is 0.138 e. The molecule has 3 nitrogen and oxygen atoms in total. The van der Waals surface area contributed by atoms with E-state index in [1.54, 1.807) is 0 Å². The molecule has 0 aliphatic heterocycles. The quantitative estimate of drug-likeness (QED) is 0.603. The van der Waals surface area contributed by atoms with E-state index in [2.05, 4.69) is 48.7 Å². The zero-order valence-electron chi connectivity index (χ0n) is 14.0. The second-order valence-electron chi connectivity index (χ2n) is 6.20. The number of rotatable bonds is 3. The fourth-order valence-electron chi connectivity index (χ4n) is 3.33. The van der Waals surface area contributed by atoms with Gasteiger partial charge in [-0.15, -0.1) is 0 Å². The van der Waals surface area contributed by atoms with E-state index in [4.69, 9.17) is 4.98 Å². The maximum atomic E-state index is 9.59. The third-order valence-corrected chi connectivity index (χ3v) is 4.70. The summed E-state index contributed by atoms with van der Waals surface area (Å²) in [5.74, 6) is 0. The summed E-state index contributed by atoms with van der Waals surface area (Å²) in [7, 11) is 0. The molecule has 0 radical (unpaired) electrons. The number of aliphatic hydroxyl groups is 1. The first-order valence-electron chi connectivity index (χ1n) is 8.31. The molecule has 0 unspecified atom stereocenters. The lowest BCUT2D eigenvalue weighted by Gasteiger charge is -2.07. The van der Waals surface area contributed by atoms with E-state index in [1.807, 2.05) is 24.3 Å². The van der Waals surface area contributed by atoms with Gasteiger partial charge in [0.05, 0.1) is 17.8 Å². The summed E-state index contributed by atoms with van der Waals surface area (Å²) in [6, 6.07) is 16.6. The van der Waals surface area contributed by atoms with Crippen LogP contribution < -0.4 is 0 Å². The van der Waals surface area contributed by atoms with Gasteiger partial charge in [0.25, 0.3) is 0 Å². The summed E-state index contributed by atoms with van der Waals surface area (Å²) >= 11 is 0. The molecule has 24 heavy (non-hydrogen) atoms. The zero-order valence-corrected chi connectivity index (χ0v) is 14.0. The van der Waals surface area contributed by atoms with Crippen molar-refractivity contribution >= 4 is 16.6 Å². The van der Waals surface area contributed by atoms with Crippen LogP contribution in [0.25, 0.3) is 27.8 Å². The highest BCUT2D eigenvalue weighted by atomic mass is 16.3. The van der Waals surface area contributed by atoms with Crippen LogP contribution in [0.3, 0.4) is 0 Å². The van der Waals surface area contributed by atoms with Crippen molar-refractivity contribution < 1.29 is 5.11 Å². The molecule has 0 aliphatic rings. The van der Waals surface area contributed by atoms with Crippen LogP contribution in [0.15, 0.2) is 54.7 Å². The zero-order chi connectivity index (χ0) is 16.7. The Morgan fingerprint density at radius 2 is 1.92 bits per heavy atom. The van der Waals surface area contributed by atoms with Gasteiger partial charge >= 0.3 is 0 Å². The summed E-state index contributed by atoms with van der Waals surface area (Å²) < 4.78 is 2.14. The molecule has 2 aromatic carbocycles. The van der Waals surface area contributed by atoms with Gasteiger partial charge in [0.2, 0.25) is 0 Å². The summed E-state index contributed by atoms with van der Waals surface area (Å²) in [5, 5.41) is 10.9. The van der Waals surface area contributed by atoms with Gasteiger partial charge in [-0.3, -0.25) is 4.40 Å². The monoisotopic (exact) mass is 316 g/mol. The first-order valence-corrected chi connectivity index (χ1v) is 8.31. The first-order chi connectivity index (χ1) is 11.7. The third-order valence-electron chi connectivity index (χ3n) is 4.70. The smallest absolute Gasteiger partial charge is 0.138 e. The van der Waals surface area contributed by atoms with Crippen LogP contribution in [0, 0.1) is 6.92 Å². The highest BCUT2D eigenvalue weighted by molar-refractivity contribution is 5.87. The molecule has 2 aromatic heterocycles. The summed E-state index contributed by atoms with van der Waals surface area (Å²) in [5.41, 5.74) is 7.46. The molecule has 0 atom stereocenters. The molecule has 3 heteroatoms. The summed E-state index contributed by atoms with van der Waals surface area (Å²) in [4.78, 5) is 4.80. The number of fused-ring (bicyclic) bond motifs is 3. The Labute approximate surface area is 141 Å². The van der Waals surface area contributed by atoms with E-state index in [1.165, 1.54) is 22.0 Å². The molecule has 0 amide bonds. The number of aliphatic hydroxyl groups excluding tert-OH is 1. The van der Waals surface area contributed by atoms with E-state index >= 15 is 0 Å². The van der Waals surface area contributed by atoms with Crippen LogP contribution >= 0.6 is 0 Å². The molecule has 120 valence electrons. The molecule has 1 N–H and O–H groups in total. The van der Waals surface area contributed by atoms with Crippen molar-refractivity contribution in [1.82, 2.24) is 9.38 Å². The van der Waals surface area contributed by atoms with E-state index < -0.39 is 0 Å². The first kappa shape index (κ1) is 14.9. The Morgan fingerprint density at radius 1 is 1.08 bits per heavy atom. The van der Waals surface area contributed by atoms with Gasteiger partial charge in [-0.25, -0.2) is 4.98 Å². The van der Waals surface area contributed by atoms with Gasteiger partial charge in [-0.1, -0.05) is 37.3 Å². The van der Waals surface area contributed by atoms with Gasteiger partial charge < -0.3 is 5.11 Å². The van der Waals surface area contributed by atoms with Crippen LogP contribution in [-0.4, -0.2) is 14.5 Å². The van der Waals surface area contributed by atoms with E-state index in [0.29, 0.717) is 0 Å². The average Bonchev–Trinajstić information content (AvgIpc) is 3.05. The van der Waals surface area contributed by atoms with Gasteiger partial charge in [0, 0.05) is 17.1 Å². The van der Waals surface area contributed by atoms with Crippen molar-refractivity contribution in [2.45, 2.75) is 26.9 Å². The van der Waals surface area contributed by atoms with Crippen LogP contribution in [0.2, 0.25) is 0 Å². The second kappa shape index (κ2) is 5.77. The molecule has 0 bridgehead atoms. The van der Waals surface area contributed by atoms with Crippen molar-refractivity contribution in [3.8, 4) is 11.3 Å². The van der Waals surface area contributed by atoms with Gasteiger partial charge in [0.15, 0.2) is 0 Å². The standard InChI is InChI=1S/C21H20N2O/c1-3-15-8-9-20-18(11-15)14(2)10-21-22-19(12-23(20)21)17-7-5-4-6-16(17)13-24/h4-12,24H,3,13H2,1-2H3. The summed E-state index contributed by atoms with van der Waals surface area (Å²) in [6.07, 6.45) is 3.10. The summed E-state index contributed by atoms with van der Waals surface area (Å²) in [6.45, 7) is 4.33. The van der Waals surface area contributed by atoms with Gasteiger partial charge in [-0.2, -0.15) is 0 Å². The second-order valence-corrected chi connectivity index (χ2v) is 6.20. The minimum atomic E-state index is 0.0175. The molecule has 4 rings (SSSR count). The minimum absolute atomic E-state index is 0.0175. The Morgan fingerprint density at radius 3 is 2.71 bits per heavy atom. The third kappa shape index (κ3) is 2.29. The highest BCUT2D eigenvalue weighted by Crippen LogP contribution is 2.28. The number of aromatic nitrogens is 2. The molecule has 0 saturated heterocycles.